The van der Waals surface area contributed by atoms with Crippen molar-refractivity contribution in [1.29, 1.82) is 0 Å². The quantitative estimate of drug-likeness (QED) is 0.576. The standard InChI is InChI=1S/C14H15NO2/c1-15-10-9-11-5-3-4-6-12(11)13(15)7-8-14(16)17-2/h3-10,13H,1-2H3. The Morgan fingerprint density at radius 3 is 2.94 bits per heavy atom. The summed E-state index contributed by atoms with van der Waals surface area (Å²) in [6.45, 7) is 0. The third-order valence-corrected chi connectivity index (χ3v) is 2.86. The van der Waals surface area contributed by atoms with Gasteiger partial charge in [-0.1, -0.05) is 30.3 Å². The molecule has 0 radical (unpaired) electrons. The van der Waals surface area contributed by atoms with Crippen LogP contribution in [-0.2, 0) is 9.53 Å². The summed E-state index contributed by atoms with van der Waals surface area (Å²) in [4.78, 5) is 13.2. The Morgan fingerprint density at radius 1 is 1.41 bits per heavy atom. The number of fused-ring (bicyclic) bond motifs is 1. The Bertz CT molecular complexity index is 477. The van der Waals surface area contributed by atoms with Gasteiger partial charge in [0.25, 0.3) is 0 Å². The number of rotatable bonds is 2. The number of carbonyl (C=O) groups is 1. The van der Waals surface area contributed by atoms with Gasteiger partial charge in [-0.25, -0.2) is 4.79 Å². The minimum absolute atomic E-state index is 0.0790. The van der Waals surface area contributed by atoms with Crippen LogP contribution in [0.4, 0.5) is 0 Å². The van der Waals surface area contributed by atoms with E-state index < -0.39 is 0 Å². The molecule has 1 aromatic rings. The van der Waals surface area contributed by atoms with E-state index in [1.165, 1.54) is 24.3 Å². The predicted molar refractivity (Wildman–Crippen MR) is 67.1 cm³/mol. The first kappa shape index (κ1) is 11.5. The molecule has 1 atom stereocenters. The number of esters is 1. The number of ether oxygens (including phenoxy) is 1. The van der Waals surface area contributed by atoms with Gasteiger partial charge < -0.3 is 9.64 Å². The minimum atomic E-state index is -0.328. The Hall–Kier alpha value is -2.03. The van der Waals surface area contributed by atoms with Crippen LogP contribution in [0.1, 0.15) is 17.2 Å². The molecule has 0 bridgehead atoms. The third-order valence-electron chi connectivity index (χ3n) is 2.86. The molecule has 0 aliphatic carbocycles. The van der Waals surface area contributed by atoms with Gasteiger partial charge in [-0.15, -0.1) is 0 Å². The van der Waals surface area contributed by atoms with Crippen LogP contribution in [0.15, 0.2) is 42.6 Å². The van der Waals surface area contributed by atoms with Crippen LogP contribution < -0.4 is 0 Å². The second-order valence-corrected chi connectivity index (χ2v) is 3.94. The first-order chi connectivity index (χ1) is 8.22. The third kappa shape index (κ3) is 2.38. The Morgan fingerprint density at radius 2 is 2.18 bits per heavy atom. The van der Waals surface area contributed by atoms with E-state index in [1.54, 1.807) is 0 Å². The number of hydrogen-bond acceptors (Lipinski definition) is 3. The zero-order valence-electron chi connectivity index (χ0n) is 9.96. The highest BCUT2D eigenvalue weighted by Crippen LogP contribution is 2.29. The molecule has 88 valence electrons. The van der Waals surface area contributed by atoms with E-state index in [-0.39, 0.29) is 12.0 Å². The lowest BCUT2D eigenvalue weighted by Gasteiger charge is -2.29. The fourth-order valence-corrected chi connectivity index (χ4v) is 1.92. The summed E-state index contributed by atoms with van der Waals surface area (Å²) in [5.74, 6) is -0.328. The molecule has 1 unspecified atom stereocenters. The van der Waals surface area contributed by atoms with Gasteiger partial charge in [-0.2, -0.15) is 0 Å². The van der Waals surface area contributed by atoms with E-state index >= 15 is 0 Å². The van der Waals surface area contributed by atoms with Gasteiger partial charge in [0.2, 0.25) is 0 Å². The normalized spacial score (nSPS) is 18.2. The van der Waals surface area contributed by atoms with Crippen molar-refractivity contribution in [3.8, 4) is 0 Å². The van der Waals surface area contributed by atoms with E-state index in [0.717, 1.165) is 0 Å². The molecule has 0 amide bonds. The van der Waals surface area contributed by atoms with E-state index in [9.17, 15) is 4.79 Å². The van der Waals surface area contributed by atoms with Crippen molar-refractivity contribution in [1.82, 2.24) is 4.90 Å². The maximum atomic E-state index is 11.1. The topological polar surface area (TPSA) is 29.5 Å². The molecule has 0 spiro atoms. The zero-order chi connectivity index (χ0) is 12.3. The summed E-state index contributed by atoms with van der Waals surface area (Å²) in [6.07, 6.45) is 7.40. The fraction of sp³-hybridized carbons (Fsp3) is 0.214. The molecular weight excluding hydrogens is 214 g/mol. The van der Waals surface area contributed by atoms with Crippen molar-refractivity contribution in [2.24, 2.45) is 0 Å². The van der Waals surface area contributed by atoms with Crippen LogP contribution in [0.3, 0.4) is 0 Å². The van der Waals surface area contributed by atoms with Gasteiger partial charge in [0.15, 0.2) is 0 Å². The van der Waals surface area contributed by atoms with Crippen LogP contribution in [0.25, 0.3) is 6.08 Å². The highest BCUT2D eigenvalue weighted by atomic mass is 16.5. The van der Waals surface area contributed by atoms with Crippen LogP contribution in [0.2, 0.25) is 0 Å². The van der Waals surface area contributed by atoms with Crippen molar-refractivity contribution in [2.45, 2.75) is 6.04 Å². The smallest absolute Gasteiger partial charge is 0.330 e. The molecular formula is C14H15NO2. The maximum Gasteiger partial charge on any atom is 0.330 e. The molecule has 0 N–H and O–H groups in total. The number of hydrogen-bond donors (Lipinski definition) is 0. The van der Waals surface area contributed by atoms with Crippen molar-refractivity contribution < 1.29 is 9.53 Å². The van der Waals surface area contributed by atoms with Crippen LogP contribution in [-0.4, -0.2) is 25.0 Å². The second-order valence-electron chi connectivity index (χ2n) is 3.94. The van der Waals surface area contributed by atoms with Gasteiger partial charge in [0.05, 0.1) is 13.2 Å². The van der Waals surface area contributed by atoms with E-state index in [4.69, 9.17) is 0 Å². The second kappa shape index (κ2) is 4.87. The summed E-state index contributed by atoms with van der Waals surface area (Å²) in [5.41, 5.74) is 2.38. The van der Waals surface area contributed by atoms with Gasteiger partial charge in [-0.05, 0) is 17.2 Å². The van der Waals surface area contributed by atoms with Gasteiger partial charge in [0.1, 0.15) is 0 Å². The van der Waals surface area contributed by atoms with Crippen molar-refractivity contribution in [2.75, 3.05) is 14.2 Å². The van der Waals surface area contributed by atoms with Crippen molar-refractivity contribution >= 4 is 12.0 Å². The summed E-state index contributed by atoms with van der Waals surface area (Å²) in [5, 5.41) is 0. The Labute approximate surface area is 101 Å². The highest BCUT2D eigenvalue weighted by molar-refractivity contribution is 5.82. The molecule has 0 saturated carbocycles. The van der Waals surface area contributed by atoms with Crippen molar-refractivity contribution in [3.05, 3.63) is 53.7 Å². The van der Waals surface area contributed by atoms with Crippen LogP contribution in [0, 0.1) is 0 Å². The molecule has 0 saturated heterocycles. The van der Waals surface area contributed by atoms with Gasteiger partial charge >= 0.3 is 5.97 Å². The largest absolute Gasteiger partial charge is 0.466 e. The van der Waals surface area contributed by atoms with Crippen LogP contribution >= 0.6 is 0 Å². The fourth-order valence-electron chi connectivity index (χ4n) is 1.92. The number of methoxy groups -OCH3 is 1. The molecule has 1 aliphatic heterocycles. The molecule has 1 heterocycles. The number of carbonyl (C=O) groups excluding carboxylic acids is 1. The Kier molecular flexibility index (Phi) is 3.28. The number of benzene rings is 1. The lowest BCUT2D eigenvalue weighted by atomic mass is 9.96. The first-order valence-corrected chi connectivity index (χ1v) is 5.47. The summed E-state index contributed by atoms with van der Waals surface area (Å²) >= 11 is 0. The predicted octanol–water partition coefficient (Wildman–Crippen LogP) is 2.37. The first-order valence-electron chi connectivity index (χ1n) is 5.47. The lowest BCUT2D eigenvalue weighted by Crippen LogP contribution is -2.21. The summed E-state index contributed by atoms with van der Waals surface area (Å²) < 4.78 is 4.60. The van der Waals surface area contributed by atoms with E-state index in [0.29, 0.717) is 0 Å². The SMILES string of the molecule is COC(=O)C=CC1c2ccccc2C=CN1C. The highest BCUT2D eigenvalue weighted by Gasteiger charge is 2.17. The van der Waals surface area contributed by atoms with Crippen molar-refractivity contribution in [3.63, 3.8) is 0 Å². The Balaban J connectivity index is 2.30. The molecule has 1 aliphatic rings. The minimum Gasteiger partial charge on any atom is -0.466 e. The molecule has 17 heavy (non-hydrogen) atoms. The van der Waals surface area contributed by atoms with Crippen LogP contribution in [0.5, 0.6) is 0 Å². The number of likely N-dealkylation sites (N-methyl/N-ethyl adjacent to an activating group) is 1. The molecule has 0 aromatic heterocycles. The van der Waals surface area contributed by atoms with Gasteiger partial charge in [0, 0.05) is 19.3 Å². The molecule has 3 heteroatoms. The zero-order valence-corrected chi connectivity index (χ0v) is 9.96. The monoisotopic (exact) mass is 229 g/mol. The van der Waals surface area contributed by atoms with Gasteiger partial charge in [-0.3, -0.25) is 0 Å². The summed E-state index contributed by atoms with van der Waals surface area (Å²) in [7, 11) is 3.36. The number of nitrogens with zero attached hydrogens (tertiary/aromatic N) is 1. The molecule has 2 rings (SSSR count). The summed E-state index contributed by atoms with van der Waals surface area (Å²) in [6, 6.07) is 8.23. The maximum absolute atomic E-state index is 11.1. The lowest BCUT2D eigenvalue weighted by molar-refractivity contribution is -0.134. The molecule has 3 nitrogen and oxygen atoms in total. The average Bonchev–Trinajstić information content (AvgIpc) is 2.37. The van der Waals surface area contributed by atoms with E-state index in [1.807, 2.05) is 31.5 Å². The molecule has 1 aromatic carbocycles. The van der Waals surface area contributed by atoms with E-state index in [2.05, 4.69) is 27.8 Å². The average molecular weight is 229 g/mol. The molecule has 0 fully saturated rings.